The van der Waals surface area contributed by atoms with Crippen LogP contribution in [0.2, 0.25) is 5.02 Å². The summed E-state index contributed by atoms with van der Waals surface area (Å²) >= 11 is 5.72. The zero-order valence-corrected chi connectivity index (χ0v) is 13.7. The number of halogens is 2. The monoisotopic (exact) mass is 355 g/mol. The molecule has 2 aromatic rings. The van der Waals surface area contributed by atoms with Gasteiger partial charge in [-0.05, 0) is 23.8 Å². The van der Waals surface area contributed by atoms with Crippen LogP contribution in [0.5, 0.6) is 0 Å². The van der Waals surface area contributed by atoms with Gasteiger partial charge in [0.1, 0.15) is 5.82 Å². The van der Waals surface area contributed by atoms with Crippen molar-refractivity contribution in [2.75, 3.05) is 12.3 Å². The Kier molecular flexibility index (Phi) is 5.74. The van der Waals surface area contributed by atoms with Crippen LogP contribution < -0.4 is 5.32 Å². The molecule has 2 rings (SSSR count). The van der Waals surface area contributed by atoms with Crippen LogP contribution >= 0.6 is 11.6 Å². The van der Waals surface area contributed by atoms with Gasteiger partial charge in [-0.2, -0.15) is 0 Å². The molecule has 1 N–H and O–H groups in total. The Morgan fingerprint density at radius 1 is 1.13 bits per heavy atom. The lowest BCUT2D eigenvalue weighted by Gasteiger charge is -2.08. The molecule has 0 fully saturated rings. The van der Waals surface area contributed by atoms with Crippen molar-refractivity contribution in [1.29, 1.82) is 0 Å². The molecular weight excluding hydrogens is 341 g/mol. The summed E-state index contributed by atoms with van der Waals surface area (Å²) in [6.45, 7) is -0.0973. The first-order valence-corrected chi connectivity index (χ1v) is 9.05. The second-order valence-corrected chi connectivity index (χ2v) is 7.58. The maximum Gasteiger partial charge on any atom is 0.254 e. The lowest BCUT2D eigenvalue weighted by Crippen LogP contribution is -2.30. The lowest BCUT2D eigenvalue weighted by atomic mass is 10.2. The molecule has 0 spiro atoms. The molecule has 4 nitrogen and oxygen atoms in total. The highest BCUT2D eigenvalue weighted by molar-refractivity contribution is 7.90. The maximum atomic E-state index is 13.5. The fraction of sp³-hybridized carbons (Fsp3) is 0.188. The number of carbonyl (C=O) groups excluding carboxylic acids is 1. The van der Waals surface area contributed by atoms with E-state index in [1.165, 1.54) is 12.1 Å². The van der Waals surface area contributed by atoms with Gasteiger partial charge in [-0.25, -0.2) is 12.8 Å². The van der Waals surface area contributed by atoms with E-state index >= 15 is 0 Å². The molecule has 0 aromatic heterocycles. The van der Waals surface area contributed by atoms with Crippen LogP contribution in [0, 0.1) is 5.82 Å². The third-order valence-corrected chi connectivity index (χ3v) is 4.94. The van der Waals surface area contributed by atoms with Gasteiger partial charge >= 0.3 is 0 Å². The molecule has 0 radical (unpaired) electrons. The van der Waals surface area contributed by atoms with Gasteiger partial charge in [0, 0.05) is 11.6 Å². The van der Waals surface area contributed by atoms with E-state index < -0.39 is 21.6 Å². The van der Waals surface area contributed by atoms with Crippen molar-refractivity contribution in [2.24, 2.45) is 0 Å². The van der Waals surface area contributed by atoms with Crippen molar-refractivity contribution in [2.45, 2.75) is 5.75 Å². The third kappa shape index (κ3) is 5.33. The SMILES string of the molecule is O=C(NCCS(=O)(=O)Cc1ccccc1)c1cc(Cl)ccc1F. The number of benzene rings is 2. The van der Waals surface area contributed by atoms with E-state index in [4.69, 9.17) is 11.6 Å². The second kappa shape index (κ2) is 7.57. The first-order chi connectivity index (χ1) is 10.9. The lowest BCUT2D eigenvalue weighted by molar-refractivity contribution is 0.0952. The van der Waals surface area contributed by atoms with Gasteiger partial charge in [0.2, 0.25) is 0 Å². The van der Waals surface area contributed by atoms with E-state index in [9.17, 15) is 17.6 Å². The van der Waals surface area contributed by atoms with Crippen molar-refractivity contribution < 1.29 is 17.6 Å². The van der Waals surface area contributed by atoms with Gasteiger partial charge in [-0.15, -0.1) is 0 Å². The van der Waals surface area contributed by atoms with Gasteiger partial charge in [0.05, 0.1) is 17.1 Å². The van der Waals surface area contributed by atoms with Crippen molar-refractivity contribution >= 4 is 27.3 Å². The summed E-state index contributed by atoms with van der Waals surface area (Å²) in [5.74, 6) is -1.73. The molecule has 0 atom stereocenters. The van der Waals surface area contributed by atoms with E-state index in [-0.39, 0.29) is 28.6 Å². The predicted molar refractivity (Wildman–Crippen MR) is 87.7 cm³/mol. The Labute approximate surface area is 139 Å². The standard InChI is InChI=1S/C16H15ClFNO3S/c17-13-6-7-15(18)14(10-13)16(20)19-8-9-23(21,22)11-12-4-2-1-3-5-12/h1-7,10H,8-9,11H2,(H,19,20). The average Bonchev–Trinajstić information content (AvgIpc) is 2.50. The molecule has 0 bridgehead atoms. The Balaban J connectivity index is 1.91. The van der Waals surface area contributed by atoms with Crippen LogP contribution in [0.4, 0.5) is 4.39 Å². The van der Waals surface area contributed by atoms with Gasteiger partial charge in [-0.3, -0.25) is 4.79 Å². The summed E-state index contributed by atoms with van der Waals surface area (Å²) < 4.78 is 37.5. The van der Waals surface area contributed by atoms with Gasteiger partial charge < -0.3 is 5.32 Å². The molecule has 0 heterocycles. The number of carbonyl (C=O) groups is 1. The molecule has 0 unspecified atom stereocenters. The molecule has 23 heavy (non-hydrogen) atoms. The molecule has 122 valence electrons. The van der Waals surface area contributed by atoms with E-state index in [0.717, 1.165) is 6.07 Å². The Hall–Kier alpha value is -1.92. The molecule has 7 heteroatoms. The topological polar surface area (TPSA) is 63.2 Å². The number of rotatable bonds is 6. The summed E-state index contributed by atoms with van der Waals surface area (Å²) in [5.41, 5.74) is 0.470. The van der Waals surface area contributed by atoms with Crippen LogP contribution in [0.15, 0.2) is 48.5 Å². The van der Waals surface area contributed by atoms with Crippen molar-refractivity contribution in [3.8, 4) is 0 Å². The van der Waals surface area contributed by atoms with Crippen molar-refractivity contribution in [1.82, 2.24) is 5.32 Å². The van der Waals surface area contributed by atoms with Crippen LogP contribution in [-0.4, -0.2) is 26.6 Å². The summed E-state index contributed by atoms with van der Waals surface area (Å²) in [6.07, 6.45) is 0. The van der Waals surface area contributed by atoms with E-state index in [1.807, 2.05) is 0 Å². The summed E-state index contributed by atoms with van der Waals surface area (Å²) in [7, 11) is -3.37. The molecule has 0 aliphatic carbocycles. The third-order valence-electron chi connectivity index (χ3n) is 3.10. The molecule has 0 aliphatic rings. The Morgan fingerprint density at radius 3 is 2.52 bits per heavy atom. The van der Waals surface area contributed by atoms with E-state index in [1.54, 1.807) is 30.3 Å². The second-order valence-electron chi connectivity index (χ2n) is 4.96. The van der Waals surface area contributed by atoms with Gasteiger partial charge in [0.25, 0.3) is 5.91 Å². The van der Waals surface area contributed by atoms with Crippen LogP contribution in [-0.2, 0) is 15.6 Å². The first kappa shape index (κ1) is 17.4. The number of amides is 1. The normalized spacial score (nSPS) is 11.2. The van der Waals surface area contributed by atoms with E-state index in [2.05, 4.69) is 5.32 Å². The predicted octanol–water partition coefficient (Wildman–Crippen LogP) is 2.82. The molecule has 1 amide bonds. The molecular formula is C16H15ClFNO3S. The highest BCUT2D eigenvalue weighted by Crippen LogP contribution is 2.14. The zero-order chi connectivity index (χ0) is 16.9. The van der Waals surface area contributed by atoms with Crippen molar-refractivity contribution in [3.63, 3.8) is 0 Å². The van der Waals surface area contributed by atoms with Crippen LogP contribution in [0.1, 0.15) is 15.9 Å². The van der Waals surface area contributed by atoms with Crippen LogP contribution in [0.25, 0.3) is 0 Å². The van der Waals surface area contributed by atoms with Crippen molar-refractivity contribution in [3.05, 3.63) is 70.5 Å². The largest absolute Gasteiger partial charge is 0.351 e. The van der Waals surface area contributed by atoms with Gasteiger partial charge in [0.15, 0.2) is 9.84 Å². The maximum absolute atomic E-state index is 13.5. The Morgan fingerprint density at radius 2 is 1.83 bits per heavy atom. The van der Waals surface area contributed by atoms with Gasteiger partial charge in [-0.1, -0.05) is 41.9 Å². The highest BCUT2D eigenvalue weighted by Gasteiger charge is 2.15. The number of hydrogen-bond acceptors (Lipinski definition) is 3. The van der Waals surface area contributed by atoms with Crippen LogP contribution in [0.3, 0.4) is 0 Å². The number of hydrogen-bond donors (Lipinski definition) is 1. The summed E-state index contributed by atoms with van der Waals surface area (Å²) in [5, 5.41) is 2.62. The molecule has 2 aromatic carbocycles. The minimum atomic E-state index is -3.37. The fourth-order valence-electron chi connectivity index (χ4n) is 1.99. The summed E-state index contributed by atoms with van der Waals surface area (Å²) in [4.78, 5) is 11.9. The zero-order valence-electron chi connectivity index (χ0n) is 12.1. The minimum Gasteiger partial charge on any atom is -0.351 e. The highest BCUT2D eigenvalue weighted by atomic mass is 35.5. The smallest absolute Gasteiger partial charge is 0.254 e. The molecule has 0 saturated carbocycles. The number of sulfone groups is 1. The van der Waals surface area contributed by atoms with E-state index in [0.29, 0.717) is 5.56 Å². The molecule has 0 saturated heterocycles. The number of nitrogens with one attached hydrogen (secondary N) is 1. The fourth-order valence-corrected chi connectivity index (χ4v) is 3.42. The quantitative estimate of drug-likeness (QED) is 0.866. The Bertz CT molecular complexity index is 794. The average molecular weight is 356 g/mol. The first-order valence-electron chi connectivity index (χ1n) is 6.85. The molecule has 0 aliphatic heterocycles. The minimum absolute atomic E-state index is 0.0973. The summed E-state index contributed by atoms with van der Waals surface area (Å²) in [6, 6.07) is 12.4.